The molecule has 2 aromatic heterocycles. The maximum Gasteiger partial charge on any atom is 0.306 e. The second-order valence-corrected chi connectivity index (χ2v) is 7.68. The fourth-order valence-electron chi connectivity index (χ4n) is 2.77. The van der Waals surface area contributed by atoms with Crippen LogP contribution in [0.1, 0.15) is 52.5 Å². The molecule has 0 amide bonds. The third-order valence-corrected chi connectivity index (χ3v) is 5.57. The molecular formula is C20H19FN2O4S. The summed E-state index contributed by atoms with van der Waals surface area (Å²) in [7, 11) is 0. The van der Waals surface area contributed by atoms with E-state index in [0.717, 1.165) is 10.4 Å². The van der Waals surface area contributed by atoms with E-state index in [1.54, 1.807) is 6.92 Å². The first-order valence-corrected chi connectivity index (χ1v) is 9.56. The Morgan fingerprint density at radius 3 is 2.57 bits per heavy atom. The zero-order chi connectivity index (χ0) is 20.4. The van der Waals surface area contributed by atoms with Crippen LogP contribution in [0.3, 0.4) is 0 Å². The highest BCUT2D eigenvalue weighted by atomic mass is 32.1. The molecule has 1 aromatic carbocycles. The van der Waals surface area contributed by atoms with Gasteiger partial charge in [-0.2, -0.15) is 0 Å². The molecule has 3 rings (SSSR count). The number of carbonyl (C=O) groups excluding carboxylic acids is 2. The molecule has 1 atom stereocenters. The fourth-order valence-corrected chi connectivity index (χ4v) is 3.81. The lowest BCUT2D eigenvalue weighted by Gasteiger charge is -2.12. The predicted octanol–water partition coefficient (Wildman–Crippen LogP) is 4.01. The second-order valence-electron chi connectivity index (χ2n) is 6.48. The Labute approximate surface area is 164 Å². The van der Waals surface area contributed by atoms with Crippen molar-refractivity contribution in [2.24, 2.45) is 0 Å². The monoisotopic (exact) mass is 402 g/mol. The number of H-pyrrole nitrogens is 1. The lowest BCUT2D eigenvalue weighted by molar-refractivity contribution is -0.148. The van der Waals surface area contributed by atoms with E-state index < -0.39 is 17.9 Å². The highest BCUT2D eigenvalue weighted by Gasteiger charge is 2.19. The van der Waals surface area contributed by atoms with Crippen molar-refractivity contribution in [2.75, 3.05) is 0 Å². The number of hydrogen-bond acceptors (Lipinski definition) is 6. The van der Waals surface area contributed by atoms with Gasteiger partial charge in [0.25, 0.3) is 5.56 Å². The van der Waals surface area contributed by atoms with E-state index in [1.807, 2.05) is 13.8 Å². The lowest BCUT2D eigenvalue weighted by atomic mass is 10.1. The van der Waals surface area contributed by atoms with Gasteiger partial charge in [-0.3, -0.25) is 14.4 Å². The number of halogens is 1. The van der Waals surface area contributed by atoms with Crippen LogP contribution in [0.5, 0.6) is 0 Å². The van der Waals surface area contributed by atoms with Crippen molar-refractivity contribution in [3.05, 3.63) is 62.3 Å². The Morgan fingerprint density at radius 1 is 1.21 bits per heavy atom. The summed E-state index contributed by atoms with van der Waals surface area (Å²) in [5, 5.41) is 0.551. The molecule has 0 fully saturated rings. The number of ether oxygens (including phenoxy) is 1. The van der Waals surface area contributed by atoms with Gasteiger partial charge in [0.2, 0.25) is 0 Å². The third kappa shape index (κ3) is 4.17. The first kappa shape index (κ1) is 19.9. The van der Waals surface area contributed by atoms with E-state index >= 15 is 0 Å². The predicted molar refractivity (Wildman–Crippen MR) is 104 cm³/mol. The van der Waals surface area contributed by atoms with Gasteiger partial charge in [0, 0.05) is 16.9 Å². The van der Waals surface area contributed by atoms with Crippen molar-refractivity contribution in [3.63, 3.8) is 0 Å². The van der Waals surface area contributed by atoms with Crippen molar-refractivity contribution in [3.8, 4) is 0 Å². The van der Waals surface area contributed by atoms with Crippen LogP contribution in [0.2, 0.25) is 0 Å². The minimum atomic E-state index is -0.756. The summed E-state index contributed by atoms with van der Waals surface area (Å²) < 4.78 is 18.2. The van der Waals surface area contributed by atoms with E-state index in [1.165, 1.54) is 35.6 Å². The number of hydrogen-bond donors (Lipinski definition) is 1. The largest absolute Gasteiger partial charge is 0.454 e. The standard InChI is InChI=1S/C20H19FN2O4S/c1-10-12(3)28-20-17(10)19(26)22-18(23-20)11(2)27-16(25)9-8-15(24)13-4-6-14(21)7-5-13/h4-7,11H,8-9H2,1-3H3,(H,22,23,26)/t11-/m0/s1. The SMILES string of the molecule is Cc1sc2nc([C@H](C)OC(=O)CCC(=O)c3ccc(F)cc3)[nH]c(=O)c2c1C. The van der Waals surface area contributed by atoms with Crippen molar-refractivity contribution in [1.82, 2.24) is 9.97 Å². The van der Waals surface area contributed by atoms with Crippen LogP contribution in [-0.2, 0) is 9.53 Å². The molecule has 0 bridgehead atoms. The Bertz CT molecular complexity index is 1100. The van der Waals surface area contributed by atoms with Gasteiger partial charge in [-0.15, -0.1) is 11.3 Å². The number of aromatic nitrogens is 2. The van der Waals surface area contributed by atoms with Crippen LogP contribution in [0.25, 0.3) is 10.2 Å². The number of Topliss-reactive ketones (excluding diaryl/α,β-unsaturated/α-hetero) is 1. The normalized spacial score (nSPS) is 12.1. The highest BCUT2D eigenvalue weighted by Crippen LogP contribution is 2.27. The fraction of sp³-hybridized carbons (Fsp3) is 0.300. The number of aryl methyl sites for hydroxylation is 2. The number of nitrogens with zero attached hydrogens (tertiary/aromatic N) is 1. The maximum atomic E-state index is 12.9. The minimum Gasteiger partial charge on any atom is -0.454 e. The summed E-state index contributed by atoms with van der Waals surface area (Å²) in [4.78, 5) is 45.1. The average molecular weight is 402 g/mol. The number of nitrogens with one attached hydrogen (secondary N) is 1. The summed E-state index contributed by atoms with van der Waals surface area (Å²) in [5.74, 6) is -1.03. The van der Waals surface area contributed by atoms with Gasteiger partial charge in [-0.05, 0) is 50.6 Å². The van der Waals surface area contributed by atoms with Gasteiger partial charge in [-0.25, -0.2) is 9.37 Å². The summed E-state index contributed by atoms with van der Waals surface area (Å²) >= 11 is 1.41. The van der Waals surface area contributed by atoms with Gasteiger partial charge in [0.05, 0.1) is 11.8 Å². The van der Waals surface area contributed by atoms with E-state index in [4.69, 9.17) is 4.74 Å². The average Bonchev–Trinajstić information content (AvgIpc) is 2.94. The zero-order valence-electron chi connectivity index (χ0n) is 15.7. The molecule has 2 heterocycles. The van der Waals surface area contributed by atoms with Crippen molar-refractivity contribution >= 4 is 33.3 Å². The first-order chi connectivity index (χ1) is 13.3. The third-order valence-electron chi connectivity index (χ3n) is 4.47. The lowest BCUT2D eigenvalue weighted by Crippen LogP contribution is -2.17. The smallest absolute Gasteiger partial charge is 0.306 e. The Kier molecular flexibility index (Phi) is 5.69. The van der Waals surface area contributed by atoms with Crippen molar-refractivity contribution in [2.45, 2.75) is 39.7 Å². The number of ketones is 1. The maximum absolute atomic E-state index is 12.9. The highest BCUT2D eigenvalue weighted by molar-refractivity contribution is 7.18. The number of fused-ring (bicyclic) bond motifs is 1. The molecule has 6 nitrogen and oxygen atoms in total. The van der Waals surface area contributed by atoms with Crippen LogP contribution < -0.4 is 5.56 Å². The molecule has 0 unspecified atom stereocenters. The molecular weight excluding hydrogens is 383 g/mol. The second kappa shape index (κ2) is 8.02. The van der Waals surface area contributed by atoms with E-state index in [0.29, 0.717) is 15.8 Å². The molecule has 28 heavy (non-hydrogen) atoms. The van der Waals surface area contributed by atoms with Gasteiger partial charge < -0.3 is 9.72 Å². The molecule has 146 valence electrons. The number of thiophene rings is 1. The topological polar surface area (TPSA) is 89.1 Å². The van der Waals surface area contributed by atoms with Crippen LogP contribution >= 0.6 is 11.3 Å². The van der Waals surface area contributed by atoms with Gasteiger partial charge in [0.15, 0.2) is 17.7 Å². The molecule has 0 aliphatic heterocycles. The summed E-state index contributed by atoms with van der Waals surface area (Å²) in [6.45, 7) is 5.39. The van der Waals surface area contributed by atoms with Gasteiger partial charge in [0.1, 0.15) is 10.6 Å². The number of aromatic amines is 1. The van der Waals surface area contributed by atoms with Crippen LogP contribution in [0.15, 0.2) is 29.1 Å². The molecule has 3 aromatic rings. The minimum absolute atomic E-state index is 0.0521. The molecule has 8 heteroatoms. The molecule has 0 aliphatic carbocycles. The van der Waals surface area contributed by atoms with Crippen molar-refractivity contribution in [1.29, 1.82) is 0 Å². The Balaban J connectivity index is 1.64. The molecule has 0 radical (unpaired) electrons. The van der Waals surface area contributed by atoms with Crippen LogP contribution in [0.4, 0.5) is 4.39 Å². The van der Waals surface area contributed by atoms with Gasteiger partial charge >= 0.3 is 5.97 Å². The summed E-state index contributed by atoms with van der Waals surface area (Å²) in [6, 6.07) is 5.14. The Morgan fingerprint density at radius 2 is 1.89 bits per heavy atom. The Hall–Kier alpha value is -2.87. The molecule has 0 saturated heterocycles. The number of rotatable bonds is 6. The van der Waals surface area contributed by atoms with E-state index in [2.05, 4.69) is 9.97 Å². The van der Waals surface area contributed by atoms with Gasteiger partial charge in [-0.1, -0.05) is 0 Å². The van der Waals surface area contributed by atoms with E-state index in [-0.39, 0.29) is 30.0 Å². The number of benzene rings is 1. The number of carbonyl (C=O) groups is 2. The quantitative estimate of drug-likeness (QED) is 0.497. The molecule has 0 spiro atoms. The summed E-state index contributed by atoms with van der Waals surface area (Å²) in [5.41, 5.74) is 0.961. The van der Waals surface area contributed by atoms with E-state index in [9.17, 15) is 18.8 Å². The van der Waals surface area contributed by atoms with Crippen LogP contribution in [-0.4, -0.2) is 21.7 Å². The molecule has 1 N–H and O–H groups in total. The first-order valence-electron chi connectivity index (χ1n) is 8.74. The number of esters is 1. The van der Waals surface area contributed by atoms with Crippen LogP contribution in [0, 0.1) is 19.7 Å². The zero-order valence-corrected chi connectivity index (χ0v) is 16.5. The molecule has 0 saturated carbocycles. The summed E-state index contributed by atoms with van der Waals surface area (Å²) in [6.07, 6.45) is -0.929. The molecule has 0 aliphatic rings. The van der Waals surface area contributed by atoms with Crippen molar-refractivity contribution < 1.29 is 18.7 Å².